The van der Waals surface area contributed by atoms with Crippen molar-refractivity contribution in [3.8, 4) is 0 Å². The van der Waals surface area contributed by atoms with Crippen LogP contribution in [-0.2, 0) is 14.8 Å². The van der Waals surface area contributed by atoms with Crippen LogP contribution in [0, 0.1) is 13.8 Å². The lowest BCUT2D eigenvalue weighted by Crippen LogP contribution is -2.43. The summed E-state index contributed by atoms with van der Waals surface area (Å²) < 4.78 is 28.2. The number of sulfonamides is 1. The lowest BCUT2D eigenvalue weighted by molar-refractivity contribution is -0.129. The van der Waals surface area contributed by atoms with E-state index in [0.717, 1.165) is 31.2 Å². The Labute approximate surface area is 178 Å². The van der Waals surface area contributed by atoms with E-state index in [9.17, 15) is 13.2 Å². The predicted octanol–water partition coefficient (Wildman–Crippen LogP) is 4.55. The quantitative estimate of drug-likeness (QED) is 0.693. The van der Waals surface area contributed by atoms with Gasteiger partial charge in [0.05, 0.1) is 10.6 Å². The molecule has 0 unspecified atom stereocenters. The SMILES string of the molecule is Cc1ccc(S(=O)(=O)N(CC(=O)N2CCCCCC2)c2ccc(Cl)cc2C)cc1. The Morgan fingerprint density at radius 2 is 1.62 bits per heavy atom. The summed E-state index contributed by atoms with van der Waals surface area (Å²) in [6.07, 6.45) is 4.11. The molecule has 1 aliphatic heterocycles. The molecule has 0 saturated carbocycles. The van der Waals surface area contributed by atoms with E-state index in [1.54, 1.807) is 54.3 Å². The van der Waals surface area contributed by atoms with E-state index < -0.39 is 10.0 Å². The summed E-state index contributed by atoms with van der Waals surface area (Å²) in [5, 5.41) is 0.526. The molecule has 1 heterocycles. The molecule has 0 radical (unpaired) electrons. The molecule has 0 spiro atoms. The van der Waals surface area contributed by atoms with Crippen molar-refractivity contribution in [2.24, 2.45) is 0 Å². The van der Waals surface area contributed by atoms with E-state index in [4.69, 9.17) is 11.6 Å². The summed E-state index contributed by atoms with van der Waals surface area (Å²) in [5.74, 6) is -0.170. The van der Waals surface area contributed by atoms with Crippen LogP contribution in [0.3, 0.4) is 0 Å². The molecule has 0 aliphatic carbocycles. The second-order valence-corrected chi connectivity index (χ2v) is 9.85. The summed E-state index contributed by atoms with van der Waals surface area (Å²) in [6, 6.07) is 11.7. The number of carbonyl (C=O) groups is 1. The van der Waals surface area contributed by atoms with Crippen LogP contribution in [0.15, 0.2) is 47.4 Å². The number of halogens is 1. The van der Waals surface area contributed by atoms with Gasteiger partial charge in [-0.2, -0.15) is 0 Å². The molecule has 3 rings (SSSR count). The van der Waals surface area contributed by atoms with Crippen LogP contribution in [0.5, 0.6) is 0 Å². The van der Waals surface area contributed by atoms with Crippen LogP contribution < -0.4 is 4.31 Å². The van der Waals surface area contributed by atoms with Gasteiger partial charge in [-0.1, -0.05) is 42.1 Å². The topological polar surface area (TPSA) is 57.7 Å². The van der Waals surface area contributed by atoms with Crippen molar-refractivity contribution in [2.75, 3.05) is 23.9 Å². The van der Waals surface area contributed by atoms with Crippen molar-refractivity contribution in [3.05, 3.63) is 58.6 Å². The highest BCUT2D eigenvalue weighted by Gasteiger charge is 2.30. The van der Waals surface area contributed by atoms with Crippen molar-refractivity contribution in [1.29, 1.82) is 0 Å². The van der Waals surface area contributed by atoms with Crippen LogP contribution in [0.1, 0.15) is 36.8 Å². The van der Waals surface area contributed by atoms with Crippen molar-refractivity contribution < 1.29 is 13.2 Å². The highest BCUT2D eigenvalue weighted by Crippen LogP contribution is 2.29. The maximum atomic E-state index is 13.5. The molecule has 2 aromatic carbocycles. The molecule has 1 aliphatic rings. The first kappa shape index (κ1) is 21.7. The summed E-state index contributed by atoms with van der Waals surface area (Å²) >= 11 is 6.07. The molecule has 7 heteroatoms. The lowest BCUT2D eigenvalue weighted by Gasteiger charge is -2.29. The first-order valence-electron chi connectivity index (χ1n) is 9.92. The number of aryl methyl sites for hydroxylation is 2. The fraction of sp³-hybridized carbons (Fsp3) is 0.409. The molecule has 0 bridgehead atoms. The number of likely N-dealkylation sites (tertiary alicyclic amines) is 1. The average molecular weight is 435 g/mol. The van der Waals surface area contributed by atoms with Gasteiger partial charge in [0.2, 0.25) is 5.91 Å². The largest absolute Gasteiger partial charge is 0.341 e. The van der Waals surface area contributed by atoms with Crippen molar-refractivity contribution in [2.45, 2.75) is 44.4 Å². The number of anilines is 1. The van der Waals surface area contributed by atoms with Gasteiger partial charge in [-0.25, -0.2) is 8.42 Å². The third kappa shape index (κ3) is 5.11. The van der Waals surface area contributed by atoms with Crippen LogP contribution in [0.2, 0.25) is 5.02 Å². The maximum Gasteiger partial charge on any atom is 0.264 e. The van der Waals surface area contributed by atoms with Crippen molar-refractivity contribution in [1.82, 2.24) is 4.90 Å². The minimum atomic E-state index is -3.91. The number of rotatable bonds is 5. The number of hydrogen-bond acceptors (Lipinski definition) is 3. The number of amides is 1. The average Bonchev–Trinajstić information content (AvgIpc) is 2.96. The van der Waals surface area contributed by atoms with Gasteiger partial charge < -0.3 is 4.90 Å². The van der Waals surface area contributed by atoms with Gasteiger partial charge >= 0.3 is 0 Å². The predicted molar refractivity (Wildman–Crippen MR) is 117 cm³/mol. The first-order valence-corrected chi connectivity index (χ1v) is 11.7. The normalized spacial score (nSPS) is 15.1. The molecular formula is C22H27ClN2O3S. The zero-order valence-corrected chi connectivity index (χ0v) is 18.5. The molecule has 1 fully saturated rings. The Morgan fingerprint density at radius 3 is 2.21 bits per heavy atom. The zero-order chi connectivity index (χ0) is 21.0. The molecule has 156 valence electrons. The highest BCUT2D eigenvalue weighted by molar-refractivity contribution is 7.92. The van der Waals surface area contributed by atoms with Gasteiger partial charge in [-0.15, -0.1) is 0 Å². The lowest BCUT2D eigenvalue weighted by atomic mass is 10.2. The van der Waals surface area contributed by atoms with Gasteiger partial charge in [0.15, 0.2) is 0 Å². The Balaban J connectivity index is 1.99. The Hall–Kier alpha value is -2.05. The minimum absolute atomic E-state index is 0.168. The van der Waals surface area contributed by atoms with Gasteiger partial charge in [0.1, 0.15) is 6.54 Å². The maximum absolute atomic E-state index is 13.5. The van der Waals surface area contributed by atoms with Gasteiger partial charge in [-0.3, -0.25) is 9.10 Å². The van der Waals surface area contributed by atoms with Crippen molar-refractivity contribution >= 4 is 33.2 Å². The van der Waals surface area contributed by atoms with Crippen LogP contribution >= 0.6 is 11.6 Å². The van der Waals surface area contributed by atoms with Crippen LogP contribution in [-0.4, -0.2) is 38.9 Å². The summed E-state index contributed by atoms with van der Waals surface area (Å²) in [6.45, 7) is 4.84. The standard InChI is InChI=1S/C22H27ClN2O3S/c1-17-7-10-20(11-8-17)29(27,28)25(21-12-9-19(23)15-18(21)2)16-22(26)24-13-5-3-4-6-14-24/h7-12,15H,3-6,13-14,16H2,1-2H3. The molecule has 0 atom stereocenters. The van der Waals surface area contributed by atoms with E-state index >= 15 is 0 Å². The molecular weight excluding hydrogens is 408 g/mol. The zero-order valence-electron chi connectivity index (χ0n) is 16.9. The Kier molecular flexibility index (Phi) is 6.85. The third-order valence-corrected chi connectivity index (χ3v) is 7.28. The van der Waals surface area contributed by atoms with Crippen LogP contribution in [0.25, 0.3) is 0 Å². The van der Waals surface area contributed by atoms with E-state index in [1.807, 2.05) is 6.92 Å². The van der Waals surface area contributed by atoms with Gasteiger partial charge in [0.25, 0.3) is 10.0 Å². The summed E-state index contributed by atoms with van der Waals surface area (Å²) in [4.78, 5) is 15.0. The number of carbonyl (C=O) groups excluding carboxylic acids is 1. The molecule has 0 aromatic heterocycles. The highest BCUT2D eigenvalue weighted by atomic mass is 35.5. The Bertz CT molecular complexity index is 966. The summed E-state index contributed by atoms with van der Waals surface area (Å²) in [5.41, 5.74) is 2.15. The molecule has 2 aromatic rings. The Morgan fingerprint density at radius 1 is 1.00 bits per heavy atom. The summed E-state index contributed by atoms with van der Waals surface area (Å²) in [7, 11) is -3.91. The third-order valence-electron chi connectivity index (χ3n) is 5.27. The van der Waals surface area contributed by atoms with Gasteiger partial charge in [0, 0.05) is 18.1 Å². The van der Waals surface area contributed by atoms with E-state index in [1.165, 1.54) is 4.31 Å². The van der Waals surface area contributed by atoms with E-state index in [0.29, 0.717) is 29.4 Å². The molecule has 5 nitrogen and oxygen atoms in total. The fourth-order valence-electron chi connectivity index (χ4n) is 3.58. The second-order valence-electron chi connectivity index (χ2n) is 7.55. The number of hydrogen-bond donors (Lipinski definition) is 0. The fourth-order valence-corrected chi connectivity index (χ4v) is 5.28. The van der Waals surface area contributed by atoms with Crippen molar-refractivity contribution in [3.63, 3.8) is 0 Å². The second kappa shape index (κ2) is 9.18. The van der Waals surface area contributed by atoms with E-state index in [2.05, 4.69) is 0 Å². The smallest absolute Gasteiger partial charge is 0.264 e. The van der Waals surface area contributed by atoms with E-state index in [-0.39, 0.29) is 17.3 Å². The first-order chi connectivity index (χ1) is 13.8. The molecule has 29 heavy (non-hydrogen) atoms. The molecule has 1 amide bonds. The molecule has 1 saturated heterocycles. The van der Waals surface area contributed by atoms with Crippen LogP contribution in [0.4, 0.5) is 5.69 Å². The monoisotopic (exact) mass is 434 g/mol. The number of benzene rings is 2. The van der Waals surface area contributed by atoms with Gasteiger partial charge in [-0.05, 0) is 62.6 Å². The number of nitrogens with zero attached hydrogens (tertiary/aromatic N) is 2. The molecule has 0 N–H and O–H groups in total. The minimum Gasteiger partial charge on any atom is -0.341 e.